The standard InChI is InChI=1S/C11H12ClF3O3/c1-7(16)8-2-3-10(9(12)4-8)18-6-17-5-11(13,14)15/h2-4,7,16H,5-6H2,1H3/t7-/m1/s1. The molecule has 0 unspecified atom stereocenters. The van der Waals surface area contributed by atoms with Crippen LogP contribution in [0.15, 0.2) is 18.2 Å². The number of hydrogen-bond donors (Lipinski definition) is 1. The number of aliphatic hydroxyl groups excluding tert-OH is 1. The molecule has 0 aromatic heterocycles. The van der Waals surface area contributed by atoms with Crippen molar-refractivity contribution in [3.63, 3.8) is 0 Å². The van der Waals surface area contributed by atoms with Crippen LogP contribution in [0, 0.1) is 0 Å². The van der Waals surface area contributed by atoms with Crippen LogP contribution in [0.1, 0.15) is 18.6 Å². The van der Waals surface area contributed by atoms with Crippen LogP contribution < -0.4 is 4.74 Å². The second-order valence-corrected chi connectivity index (χ2v) is 4.00. The summed E-state index contributed by atoms with van der Waals surface area (Å²) >= 11 is 5.83. The molecule has 1 rings (SSSR count). The van der Waals surface area contributed by atoms with E-state index in [4.69, 9.17) is 16.3 Å². The van der Waals surface area contributed by atoms with Crippen LogP contribution in [-0.2, 0) is 4.74 Å². The highest BCUT2D eigenvalue weighted by Crippen LogP contribution is 2.28. The summed E-state index contributed by atoms with van der Waals surface area (Å²) in [5.41, 5.74) is 0.587. The molecule has 1 aromatic rings. The van der Waals surface area contributed by atoms with Crippen LogP contribution in [0.3, 0.4) is 0 Å². The van der Waals surface area contributed by atoms with Crippen molar-refractivity contribution >= 4 is 11.6 Å². The van der Waals surface area contributed by atoms with Gasteiger partial charge in [-0.1, -0.05) is 17.7 Å². The molecule has 0 spiro atoms. The van der Waals surface area contributed by atoms with Gasteiger partial charge >= 0.3 is 6.18 Å². The van der Waals surface area contributed by atoms with Gasteiger partial charge in [-0.05, 0) is 24.6 Å². The molecule has 0 radical (unpaired) electrons. The second-order valence-electron chi connectivity index (χ2n) is 3.59. The zero-order valence-electron chi connectivity index (χ0n) is 9.50. The molecule has 0 bridgehead atoms. The monoisotopic (exact) mass is 284 g/mol. The molecule has 102 valence electrons. The SMILES string of the molecule is C[C@@H](O)c1ccc(OCOCC(F)(F)F)c(Cl)c1. The number of benzene rings is 1. The normalized spacial score (nSPS) is 13.4. The van der Waals surface area contributed by atoms with E-state index in [-0.39, 0.29) is 10.8 Å². The summed E-state index contributed by atoms with van der Waals surface area (Å²) in [4.78, 5) is 0. The van der Waals surface area contributed by atoms with E-state index in [1.54, 1.807) is 13.0 Å². The van der Waals surface area contributed by atoms with Gasteiger partial charge in [0.2, 0.25) is 0 Å². The van der Waals surface area contributed by atoms with Crippen LogP contribution >= 0.6 is 11.6 Å². The molecule has 1 N–H and O–H groups in total. The second kappa shape index (κ2) is 6.26. The minimum Gasteiger partial charge on any atom is -0.466 e. The summed E-state index contributed by atoms with van der Waals surface area (Å²) in [5.74, 6) is 0.197. The lowest BCUT2D eigenvalue weighted by Gasteiger charge is -2.12. The van der Waals surface area contributed by atoms with Crippen molar-refractivity contribution in [1.29, 1.82) is 0 Å². The van der Waals surface area contributed by atoms with Gasteiger partial charge in [0.05, 0.1) is 11.1 Å². The largest absolute Gasteiger partial charge is 0.466 e. The molecule has 0 saturated heterocycles. The molecule has 1 aromatic carbocycles. The van der Waals surface area contributed by atoms with Gasteiger partial charge in [0.25, 0.3) is 0 Å². The van der Waals surface area contributed by atoms with E-state index < -0.39 is 25.7 Å². The van der Waals surface area contributed by atoms with Gasteiger partial charge in [0.15, 0.2) is 6.79 Å². The third-order valence-electron chi connectivity index (χ3n) is 2.00. The first-order valence-electron chi connectivity index (χ1n) is 5.04. The fourth-order valence-corrected chi connectivity index (χ4v) is 1.40. The van der Waals surface area contributed by atoms with Gasteiger partial charge in [0, 0.05) is 0 Å². The molecule has 0 aliphatic heterocycles. The molecule has 0 saturated carbocycles. The van der Waals surface area contributed by atoms with E-state index in [1.807, 2.05) is 0 Å². The average Bonchev–Trinajstić information content (AvgIpc) is 2.24. The minimum atomic E-state index is -4.39. The van der Waals surface area contributed by atoms with Crippen molar-refractivity contribution < 1.29 is 27.8 Å². The molecule has 0 aliphatic carbocycles. The highest BCUT2D eigenvalue weighted by Gasteiger charge is 2.27. The van der Waals surface area contributed by atoms with Gasteiger partial charge < -0.3 is 14.6 Å². The van der Waals surface area contributed by atoms with E-state index in [2.05, 4.69) is 4.74 Å². The summed E-state index contributed by atoms with van der Waals surface area (Å²) in [6.07, 6.45) is -5.07. The summed E-state index contributed by atoms with van der Waals surface area (Å²) < 4.78 is 44.5. The Morgan fingerprint density at radius 3 is 2.56 bits per heavy atom. The van der Waals surface area contributed by atoms with Crippen molar-refractivity contribution in [3.05, 3.63) is 28.8 Å². The highest BCUT2D eigenvalue weighted by molar-refractivity contribution is 6.32. The topological polar surface area (TPSA) is 38.7 Å². The Kier molecular flexibility index (Phi) is 5.25. The molecule has 18 heavy (non-hydrogen) atoms. The highest BCUT2D eigenvalue weighted by atomic mass is 35.5. The molecular formula is C11H12ClF3O3. The van der Waals surface area contributed by atoms with Crippen LogP contribution in [0.5, 0.6) is 5.75 Å². The fourth-order valence-electron chi connectivity index (χ4n) is 1.16. The Morgan fingerprint density at radius 1 is 1.39 bits per heavy atom. The van der Waals surface area contributed by atoms with Crippen LogP contribution in [0.2, 0.25) is 5.02 Å². The molecule has 3 nitrogen and oxygen atoms in total. The Labute approximate surface area is 107 Å². The smallest absolute Gasteiger partial charge is 0.411 e. The minimum absolute atomic E-state index is 0.197. The number of aliphatic hydroxyl groups is 1. The first-order chi connectivity index (χ1) is 8.29. The number of ether oxygens (including phenoxy) is 2. The zero-order valence-corrected chi connectivity index (χ0v) is 10.3. The lowest BCUT2D eigenvalue weighted by molar-refractivity contribution is -0.186. The average molecular weight is 285 g/mol. The maximum absolute atomic E-state index is 11.8. The van der Waals surface area contributed by atoms with Crippen molar-refractivity contribution in [1.82, 2.24) is 0 Å². The lowest BCUT2D eigenvalue weighted by atomic mass is 10.1. The molecule has 0 fully saturated rings. The van der Waals surface area contributed by atoms with Crippen molar-refractivity contribution in [2.24, 2.45) is 0 Å². The first-order valence-corrected chi connectivity index (χ1v) is 5.42. The number of alkyl halides is 3. The zero-order chi connectivity index (χ0) is 13.8. The number of halogens is 4. The number of hydrogen-bond acceptors (Lipinski definition) is 3. The molecular weight excluding hydrogens is 273 g/mol. The maximum Gasteiger partial charge on any atom is 0.411 e. The lowest BCUT2D eigenvalue weighted by Crippen LogP contribution is -2.19. The Morgan fingerprint density at radius 2 is 2.06 bits per heavy atom. The third-order valence-corrected chi connectivity index (χ3v) is 2.30. The maximum atomic E-state index is 11.8. The van der Waals surface area contributed by atoms with E-state index in [9.17, 15) is 18.3 Å². The van der Waals surface area contributed by atoms with E-state index in [1.165, 1.54) is 12.1 Å². The van der Waals surface area contributed by atoms with Gasteiger partial charge in [-0.3, -0.25) is 0 Å². The van der Waals surface area contributed by atoms with Gasteiger partial charge in [0.1, 0.15) is 12.4 Å². The molecule has 7 heteroatoms. The fraction of sp³-hybridized carbons (Fsp3) is 0.455. The molecule has 0 amide bonds. The predicted molar refractivity (Wildman–Crippen MR) is 59.6 cm³/mol. The Bertz CT molecular complexity index is 394. The van der Waals surface area contributed by atoms with E-state index in [0.717, 1.165) is 0 Å². The van der Waals surface area contributed by atoms with E-state index >= 15 is 0 Å². The van der Waals surface area contributed by atoms with Crippen molar-refractivity contribution in [2.75, 3.05) is 13.4 Å². The first kappa shape index (κ1) is 15.1. The van der Waals surface area contributed by atoms with Crippen molar-refractivity contribution in [3.8, 4) is 5.75 Å². The molecule has 0 aliphatic rings. The van der Waals surface area contributed by atoms with Crippen LogP contribution in [0.25, 0.3) is 0 Å². The van der Waals surface area contributed by atoms with Crippen LogP contribution in [-0.4, -0.2) is 24.7 Å². The summed E-state index contributed by atoms with van der Waals surface area (Å²) in [5, 5.41) is 9.49. The van der Waals surface area contributed by atoms with Crippen LogP contribution in [0.4, 0.5) is 13.2 Å². The summed E-state index contributed by atoms with van der Waals surface area (Å²) in [7, 11) is 0. The molecule has 0 heterocycles. The Hall–Kier alpha value is -0.980. The predicted octanol–water partition coefficient (Wildman–Crippen LogP) is 3.31. The third kappa shape index (κ3) is 5.12. The summed E-state index contributed by atoms with van der Waals surface area (Å²) in [6.45, 7) is -0.359. The quantitative estimate of drug-likeness (QED) is 0.666. The van der Waals surface area contributed by atoms with Crippen molar-refractivity contribution in [2.45, 2.75) is 19.2 Å². The number of rotatable bonds is 5. The van der Waals surface area contributed by atoms with Gasteiger partial charge in [-0.25, -0.2) is 0 Å². The Balaban J connectivity index is 2.48. The van der Waals surface area contributed by atoms with Gasteiger partial charge in [-0.15, -0.1) is 0 Å². The summed E-state index contributed by atoms with van der Waals surface area (Å²) in [6, 6.07) is 4.50. The van der Waals surface area contributed by atoms with E-state index in [0.29, 0.717) is 5.56 Å². The van der Waals surface area contributed by atoms with Gasteiger partial charge in [-0.2, -0.15) is 13.2 Å². The molecule has 1 atom stereocenters.